The molecule has 14 heavy (non-hydrogen) atoms. The standard InChI is InChI=1S/C12H23NO/c14-10-12(7-3-1-4-8-12)11-6-2-5-9-13-11/h11,13-14H,1-10H2. The van der Waals surface area contributed by atoms with Crippen LogP contribution in [0.4, 0.5) is 0 Å². The van der Waals surface area contributed by atoms with E-state index in [1.54, 1.807) is 0 Å². The number of hydrogen-bond donors (Lipinski definition) is 2. The van der Waals surface area contributed by atoms with E-state index in [-0.39, 0.29) is 5.41 Å². The fourth-order valence-corrected chi connectivity index (χ4v) is 3.25. The molecule has 2 rings (SSSR count). The lowest BCUT2D eigenvalue weighted by molar-refractivity contribution is 0.0328. The van der Waals surface area contributed by atoms with Gasteiger partial charge in [-0.15, -0.1) is 0 Å². The molecule has 2 aliphatic rings. The van der Waals surface area contributed by atoms with Crippen LogP contribution in [-0.2, 0) is 0 Å². The molecule has 2 N–H and O–H groups in total. The average molecular weight is 197 g/mol. The summed E-state index contributed by atoms with van der Waals surface area (Å²) in [5, 5.41) is 13.3. The van der Waals surface area contributed by atoms with E-state index in [0.717, 1.165) is 6.54 Å². The zero-order valence-electron chi connectivity index (χ0n) is 9.10. The molecule has 0 spiro atoms. The van der Waals surface area contributed by atoms with Gasteiger partial charge in [-0.25, -0.2) is 0 Å². The summed E-state index contributed by atoms with van der Waals surface area (Å²) in [6.45, 7) is 1.55. The van der Waals surface area contributed by atoms with E-state index in [1.807, 2.05) is 0 Å². The molecule has 0 aromatic carbocycles. The van der Waals surface area contributed by atoms with Crippen LogP contribution < -0.4 is 5.32 Å². The minimum atomic E-state index is 0.235. The van der Waals surface area contributed by atoms with E-state index < -0.39 is 0 Å². The quantitative estimate of drug-likeness (QED) is 0.710. The van der Waals surface area contributed by atoms with Crippen LogP contribution in [0, 0.1) is 5.41 Å². The second-order valence-electron chi connectivity index (χ2n) is 5.08. The topological polar surface area (TPSA) is 32.3 Å². The molecule has 1 aliphatic heterocycles. The van der Waals surface area contributed by atoms with Gasteiger partial charge in [0.05, 0.1) is 6.61 Å². The van der Waals surface area contributed by atoms with Gasteiger partial charge in [0, 0.05) is 11.5 Å². The Labute approximate surface area is 87.1 Å². The third-order valence-corrected chi connectivity index (χ3v) is 4.21. The summed E-state index contributed by atoms with van der Waals surface area (Å²) in [5.41, 5.74) is 0.235. The first-order valence-corrected chi connectivity index (χ1v) is 6.22. The number of rotatable bonds is 2. The first-order valence-electron chi connectivity index (χ1n) is 6.22. The van der Waals surface area contributed by atoms with Crippen molar-refractivity contribution in [3.63, 3.8) is 0 Å². The number of aliphatic hydroxyl groups is 1. The van der Waals surface area contributed by atoms with Gasteiger partial charge in [0.25, 0.3) is 0 Å². The van der Waals surface area contributed by atoms with Crippen LogP contribution in [-0.4, -0.2) is 24.3 Å². The Morgan fingerprint density at radius 1 is 1.07 bits per heavy atom. The Morgan fingerprint density at radius 3 is 2.43 bits per heavy atom. The van der Waals surface area contributed by atoms with Crippen molar-refractivity contribution in [3.8, 4) is 0 Å². The molecule has 0 radical (unpaired) electrons. The average Bonchev–Trinajstić information content (AvgIpc) is 2.31. The van der Waals surface area contributed by atoms with Crippen LogP contribution in [0.25, 0.3) is 0 Å². The maximum Gasteiger partial charge on any atom is 0.0502 e. The Hall–Kier alpha value is -0.0800. The number of hydrogen-bond acceptors (Lipinski definition) is 2. The van der Waals surface area contributed by atoms with Gasteiger partial charge < -0.3 is 10.4 Å². The van der Waals surface area contributed by atoms with Crippen molar-refractivity contribution in [2.24, 2.45) is 5.41 Å². The Kier molecular flexibility index (Phi) is 3.45. The molecule has 1 heterocycles. The van der Waals surface area contributed by atoms with E-state index in [1.165, 1.54) is 51.4 Å². The summed E-state index contributed by atoms with van der Waals surface area (Å²) in [6, 6.07) is 0.599. The molecule has 1 aliphatic carbocycles. The van der Waals surface area contributed by atoms with Crippen molar-refractivity contribution >= 4 is 0 Å². The van der Waals surface area contributed by atoms with Crippen molar-refractivity contribution in [2.45, 2.75) is 57.4 Å². The van der Waals surface area contributed by atoms with Gasteiger partial charge in [-0.3, -0.25) is 0 Å². The Balaban J connectivity index is 2.01. The molecular formula is C12H23NO. The smallest absolute Gasteiger partial charge is 0.0502 e. The van der Waals surface area contributed by atoms with Crippen molar-refractivity contribution in [2.75, 3.05) is 13.2 Å². The summed E-state index contributed by atoms with van der Waals surface area (Å²) < 4.78 is 0. The van der Waals surface area contributed by atoms with Gasteiger partial charge in [-0.05, 0) is 32.2 Å². The monoisotopic (exact) mass is 197 g/mol. The molecule has 0 aromatic heterocycles. The third-order valence-electron chi connectivity index (χ3n) is 4.21. The lowest BCUT2D eigenvalue weighted by Crippen LogP contribution is -2.50. The molecule has 1 atom stereocenters. The van der Waals surface area contributed by atoms with Crippen LogP contribution in [0.3, 0.4) is 0 Å². The first kappa shape index (κ1) is 10.4. The molecular weight excluding hydrogens is 174 g/mol. The summed E-state index contributed by atoms with van der Waals surface area (Å²) in [4.78, 5) is 0. The summed E-state index contributed by atoms with van der Waals surface area (Å²) in [5.74, 6) is 0. The fourth-order valence-electron chi connectivity index (χ4n) is 3.25. The van der Waals surface area contributed by atoms with Gasteiger partial charge in [-0.1, -0.05) is 25.7 Å². The minimum absolute atomic E-state index is 0.235. The van der Waals surface area contributed by atoms with Crippen molar-refractivity contribution in [3.05, 3.63) is 0 Å². The summed E-state index contributed by atoms with van der Waals surface area (Å²) in [6.07, 6.45) is 10.4. The highest BCUT2D eigenvalue weighted by Crippen LogP contribution is 2.41. The van der Waals surface area contributed by atoms with Gasteiger partial charge in [0.2, 0.25) is 0 Å². The van der Waals surface area contributed by atoms with Crippen LogP contribution in [0.2, 0.25) is 0 Å². The lowest BCUT2D eigenvalue weighted by atomic mass is 9.67. The molecule has 0 amide bonds. The number of nitrogens with one attached hydrogen (secondary N) is 1. The second-order valence-corrected chi connectivity index (χ2v) is 5.08. The highest BCUT2D eigenvalue weighted by Gasteiger charge is 2.39. The lowest BCUT2D eigenvalue weighted by Gasteiger charge is -2.44. The molecule has 82 valence electrons. The number of aliphatic hydroxyl groups excluding tert-OH is 1. The minimum Gasteiger partial charge on any atom is -0.396 e. The zero-order chi connectivity index (χ0) is 9.86. The van der Waals surface area contributed by atoms with Crippen molar-refractivity contribution in [1.29, 1.82) is 0 Å². The van der Waals surface area contributed by atoms with Crippen molar-refractivity contribution in [1.82, 2.24) is 5.32 Å². The predicted molar refractivity (Wildman–Crippen MR) is 58.2 cm³/mol. The van der Waals surface area contributed by atoms with Crippen LogP contribution in [0.5, 0.6) is 0 Å². The second kappa shape index (κ2) is 4.63. The highest BCUT2D eigenvalue weighted by atomic mass is 16.3. The van der Waals surface area contributed by atoms with E-state index in [4.69, 9.17) is 0 Å². The first-order chi connectivity index (χ1) is 6.87. The maximum absolute atomic E-state index is 9.65. The van der Waals surface area contributed by atoms with Gasteiger partial charge in [0.15, 0.2) is 0 Å². The largest absolute Gasteiger partial charge is 0.396 e. The zero-order valence-corrected chi connectivity index (χ0v) is 9.10. The van der Waals surface area contributed by atoms with E-state index >= 15 is 0 Å². The van der Waals surface area contributed by atoms with Gasteiger partial charge in [0.1, 0.15) is 0 Å². The molecule has 1 saturated carbocycles. The molecule has 2 heteroatoms. The third kappa shape index (κ3) is 1.96. The normalized spacial score (nSPS) is 32.8. The Bertz CT molecular complexity index is 169. The van der Waals surface area contributed by atoms with Crippen LogP contribution in [0.1, 0.15) is 51.4 Å². The molecule has 2 nitrogen and oxygen atoms in total. The van der Waals surface area contributed by atoms with E-state index in [2.05, 4.69) is 5.32 Å². The van der Waals surface area contributed by atoms with Gasteiger partial charge in [-0.2, -0.15) is 0 Å². The SMILES string of the molecule is OCC1(C2CCCCN2)CCCCC1. The van der Waals surface area contributed by atoms with E-state index in [0.29, 0.717) is 12.6 Å². The van der Waals surface area contributed by atoms with Crippen LogP contribution >= 0.6 is 0 Å². The van der Waals surface area contributed by atoms with E-state index in [9.17, 15) is 5.11 Å². The summed E-state index contributed by atoms with van der Waals surface area (Å²) in [7, 11) is 0. The molecule has 1 saturated heterocycles. The van der Waals surface area contributed by atoms with Crippen LogP contribution in [0.15, 0.2) is 0 Å². The number of piperidine rings is 1. The maximum atomic E-state index is 9.65. The molecule has 0 bridgehead atoms. The van der Waals surface area contributed by atoms with Crippen molar-refractivity contribution < 1.29 is 5.11 Å². The molecule has 2 fully saturated rings. The predicted octanol–water partition coefficient (Wildman–Crippen LogP) is 2.07. The fraction of sp³-hybridized carbons (Fsp3) is 1.00. The highest BCUT2D eigenvalue weighted by molar-refractivity contribution is 4.94. The summed E-state index contributed by atoms with van der Waals surface area (Å²) >= 11 is 0. The molecule has 0 aromatic rings. The Morgan fingerprint density at radius 2 is 1.86 bits per heavy atom. The molecule has 1 unspecified atom stereocenters. The van der Waals surface area contributed by atoms with Gasteiger partial charge >= 0.3 is 0 Å².